The van der Waals surface area contributed by atoms with Crippen molar-refractivity contribution in [3.8, 4) is 0 Å². The Morgan fingerprint density at radius 3 is 2.44 bits per heavy atom. The van der Waals surface area contributed by atoms with Crippen LogP contribution in [0.1, 0.15) is 26.2 Å². The molecule has 0 unspecified atom stereocenters. The fraction of sp³-hybridized carbons (Fsp3) is 0.750. The summed E-state index contributed by atoms with van der Waals surface area (Å²) in [4.78, 5) is 0. The summed E-state index contributed by atoms with van der Waals surface area (Å²) in [6.07, 6.45) is 6.32. The van der Waals surface area contributed by atoms with Crippen LogP contribution in [0, 0.1) is 0 Å². The minimum Gasteiger partial charge on any atom is -0.102 e. The lowest BCUT2D eigenvalue weighted by Gasteiger charge is -1.90. The molecule has 0 aliphatic heterocycles. The molecule has 0 aromatic rings. The molecule has 0 nitrogen and oxygen atoms in total. The standard InChI is InChI=1S/C8H18Si/c1-4-5-6-7-8-9(2)3/h7-9H,4-6H2,1-3H3/b8-7+. The van der Waals surface area contributed by atoms with Crippen LogP contribution in [0.15, 0.2) is 11.8 Å². The van der Waals surface area contributed by atoms with Gasteiger partial charge in [0.05, 0.1) is 8.80 Å². The Kier molecular flexibility index (Phi) is 6.05. The van der Waals surface area contributed by atoms with Crippen molar-refractivity contribution in [1.82, 2.24) is 0 Å². The van der Waals surface area contributed by atoms with Gasteiger partial charge in [0.2, 0.25) is 0 Å². The zero-order chi connectivity index (χ0) is 7.11. The number of hydrogen-bond donors (Lipinski definition) is 0. The molecule has 0 N–H and O–H groups in total. The second-order valence-corrected chi connectivity index (χ2v) is 5.69. The molecule has 0 saturated heterocycles. The van der Waals surface area contributed by atoms with E-state index in [1.54, 1.807) is 0 Å². The molecule has 0 rings (SSSR count). The highest BCUT2D eigenvalue weighted by molar-refractivity contribution is 6.61. The lowest BCUT2D eigenvalue weighted by Crippen LogP contribution is -1.91. The molecular weight excluding hydrogens is 124 g/mol. The van der Waals surface area contributed by atoms with E-state index in [2.05, 4.69) is 31.8 Å². The van der Waals surface area contributed by atoms with Crippen LogP contribution in [0.25, 0.3) is 0 Å². The normalized spacial score (nSPS) is 11.6. The minimum absolute atomic E-state index is 0.394. The summed E-state index contributed by atoms with van der Waals surface area (Å²) in [7, 11) is -0.394. The summed E-state index contributed by atoms with van der Waals surface area (Å²) in [5, 5.41) is 0. The van der Waals surface area contributed by atoms with Crippen LogP contribution in [0.5, 0.6) is 0 Å². The van der Waals surface area contributed by atoms with Gasteiger partial charge in [-0.2, -0.15) is 0 Å². The molecule has 0 fully saturated rings. The van der Waals surface area contributed by atoms with Gasteiger partial charge < -0.3 is 0 Å². The average Bonchev–Trinajstić information content (AvgIpc) is 1.80. The van der Waals surface area contributed by atoms with E-state index in [0.29, 0.717) is 0 Å². The van der Waals surface area contributed by atoms with Crippen molar-refractivity contribution in [3.63, 3.8) is 0 Å². The number of unbranched alkanes of at least 4 members (excludes halogenated alkanes) is 2. The SMILES string of the molecule is CCCC/C=C/[SiH](C)C. The average molecular weight is 142 g/mol. The molecule has 0 atom stereocenters. The van der Waals surface area contributed by atoms with E-state index in [1.165, 1.54) is 19.3 Å². The summed E-state index contributed by atoms with van der Waals surface area (Å²) in [6, 6.07) is 0. The molecule has 9 heavy (non-hydrogen) atoms. The van der Waals surface area contributed by atoms with Crippen LogP contribution in [0.4, 0.5) is 0 Å². The van der Waals surface area contributed by atoms with Crippen molar-refractivity contribution < 1.29 is 0 Å². The Bertz CT molecular complexity index is 74.6. The zero-order valence-corrected chi connectivity index (χ0v) is 8.01. The fourth-order valence-electron chi connectivity index (χ4n) is 0.690. The first kappa shape index (κ1) is 8.96. The van der Waals surface area contributed by atoms with E-state index in [0.717, 1.165) is 0 Å². The molecule has 0 spiro atoms. The van der Waals surface area contributed by atoms with Gasteiger partial charge in [-0.05, 0) is 6.42 Å². The summed E-state index contributed by atoms with van der Waals surface area (Å²) < 4.78 is 0. The van der Waals surface area contributed by atoms with Crippen molar-refractivity contribution in [2.45, 2.75) is 39.3 Å². The second-order valence-electron chi connectivity index (χ2n) is 2.81. The topological polar surface area (TPSA) is 0 Å². The largest absolute Gasteiger partial charge is 0.102 e. The first-order valence-electron chi connectivity index (χ1n) is 3.94. The summed E-state index contributed by atoms with van der Waals surface area (Å²) >= 11 is 0. The highest BCUT2D eigenvalue weighted by Crippen LogP contribution is 1.95. The molecule has 0 amide bonds. The number of hydrogen-bond acceptors (Lipinski definition) is 0. The van der Waals surface area contributed by atoms with Gasteiger partial charge in [-0.25, -0.2) is 0 Å². The van der Waals surface area contributed by atoms with E-state index < -0.39 is 8.80 Å². The summed E-state index contributed by atoms with van der Waals surface area (Å²) in [5.41, 5.74) is 2.41. The van der Waals surface area contributed by atoms with Gasteiger partial charge in [-0.1, -0.05) is 38.9 Å². The monoisotopic (exact) mass is 142 g/mol. The lowest BCUT2D eigenvalue weighted by atomic mass is 10.2. The first-order valence-corrected chi connectivity index (χ1v) is 6.91. The van der Waals surface area contributed by atoms with Gasteiger partial charge in [-0.3, -0.25) is 0 Å². The maximum atomic E-state index is 2.41. The van der Waals surface area contributed by atoms with Crippen molar-refractivity contribution in [2.24, 2.45) is 0 Å². The molecule has 0 saturated carbocycles. The van der Waals surface area contributed by atoms with Gasteiger partial charge in [0.1, 0.15) is 0 Å². The first-order chi connectivity index (χ1) is 4.27. The molecule has 0 aromatic heterocycles. The van der Waals surface area contributed by atoms with E-state index in [4.69, 9.17) is 0 Å². The Morgan fingerprint density at radius 1 is 1.33 bits per heavy atom. The van der Waals surface area contributed by atoms with Crippen molar-refractivity contribution in [1.29, 1.82) is 0 Å². The van der Waals surface area contributed by atoms with Gasteiger partial charge in [-0.15, -0.1) is 5.70 Å². The van der Waals surface area contributed by atoms with Gasteiger partial charge >= 0.3 is 0 Å². The molecular formula is C8H18Si. The van der Waals surface area contributed by atoms with Crippen molar-refractivity contribution in [3.05, 3.63) is 11.8 Å². The van der Waals surface area contributed by atoms with Crippen LogP contribution in [-0.2, 0) is 0 Å². The third-order valence-corrected chi connectivity index (χ3v) is 2.29. The van der Waals surface area contributed by atoms with Crippen LogP contribution < -0.4 is 0 Å². The summed E-state index contributed by atoms with van der Waals surface area (Å²) in [5.74, 6) is 0. The van der Waals surface area contributed by atoms with E-state index in [9.17, 15) is 0 Å². The molecule has 0 radical (unpaired) electrons. The number of rotatable bonds is 4. The number of allylic oxidation sites excluding steroid dienone is 1. The van der Waals surface area contributed by atoms with Gasteiger partial charge in [0.25, 0.3) is 0 Å². The van der Waals surface area contributed by atoms with Crippen LogP contribution in [0.3, 0.4) is 0 Å². The molecule has 0 aliphatic rings. The van der Waals surface area contributed by atoms with Crippen LogP contribution in [-0.4, -0.2) is 8.80 Å². The highest BCUT2D eigenvalue weighted by Gasteiger charge is 1.84. The lowest BCUT2D eigenvalue weighted by molar-refractivity contribution is 0.815. The Morgan fingerprint density at radius 2 is 2.00 bits per heavy atom. The maximum absolute atomic E-state index is 2.41. The van der Waals surface area contributed by atoms with Gasteiger partial charge in [0.15, 0.2) is 0 Å². The van der Waals surface area contributed by atoms with Gasteiger partial charge in [0, 0.05) is 0 Å². The minimum atomic E-state index is -0.394. The van der Waals surface area contributed by atoms with Crippen molar-refractivity contribution in [2.75, 3.05) is 0 Å². The van der Waals surface area contributed by atoms with E-state index >= 15 is 0 Å². The molecule has 0 aromatic carbocycles. The Hall–Kier alpha value is -0.0431. The molecule has 0 aliphatic carbocycles. The van der Waals surface area contributed by atoms with E-state index in [1.807, 2.05) is 0 Å². The zero-order valence-electron chi connectivity index (χ0n) is 6.85. The predicted octanol–water partition coefficient (Wildman–Crippen LogP) is 2.76. The fourth-order valence-corrected chi connectivity index (χ4v) is 1.43. The quantitative estimate of drug-likeness (QED) is 0.418. The predicted molar refractivity (Wildman–Crippen MR) is 47.5 cm³/mol. The molecule has 0 heterocycles. The van der Waals surface area contributed by atoms with E-state index in [-0.39, 0.29) is 0 Å². The smallest absolute Gasteiger partial charge is 0.0549 e. The maximum Gasteiger partial charge on any atom is 0.0549 e. The van der Waals surface area contributed by atoms with Crippen LogP contribution in [0.2, 0.25) is 13.1 Å². The third-order valence-electron chi connectivity index (χ3n) is 1.25. The molecule has 54 valence electrons. The Labute approximate surface area is 60.6 Å². The second kappa shape index (κ2) is 6.08. The third kappa shape index (κ3) is 7.96. The van der Waals surface area contributed by atoms with Crippen LogP contribution >= 0.6 is 0 Å². The molecule has 1 heteroatoms. The Balaban J connectivity index is 3.04. The molecule has 0 bridgehead atoms. The van der Waals surface area contributed by atoms with Crippen molar-refractivity contribution >= 4 is 8.80 Å². The summed E-state index contributed by atoms with van der Waals surface area (Å²) in [6.45, 7) is 6.94. The highest BCUT2D eigenvalue weighted by atomic mass is 28.3.